The van der Waals surface area contributed by atoms with Gasteiger partial charge in [0.15, 0.2) is 0 Å². The number of ether oxygens (including phenoxy) is 1. The third-order valence-electron chi connectivity index (χ3n) is 3.33. The van der Waals surface area contributed by atoms with E-state index in [-0.39, 0.29) is 0 Å². The van der Waals surface area contributed by atoms with Crippen LogP contribution in [0.4, 0.5) is 5.95 Å². The standard InChI is InChI=1S/C11H16N4O/c1-16-10-8-6-15(7-2-3-7)5-4-9(8)13-11(12)14-10/h7H,2-6H2,1H3,(H2,12,13,14). The van der Waals surface area contributed by atoms with E-state index in [2.05, 4.69) is 14.9 Å². The highest BCUT2D eigenvalue weighted by atomic mass is 16.5. The first-order valence-corrected chi connectivity index (χ1v) is 5.71. The molecule has 0 atom stereocenters. The molecular weight excluding hydrogens is 204 g/mol. The second-order valence-electron chi connectivity index (χ2n) is 4.47. The highest BCUT2D eigenvalue weighted by molar-refractivity contribution is 5.37. The molecule has 1 fully saturated rings. The van der Waals surface area contributed by atoms with Crippen LogP contribution in [0.3, 0.4) is 0 Å². The third-order valence-corrected chi connectivity index (χ3v) is 3.33. The third kappa shape index (κ3) is 1.61. The molecule has 2 heterocycles. The number of rotatable bonds is 2. The summed E-state index contributed by atoms with van der Waals surface area (Å²) < 4.78 is 5.28. The van der Waals surface area contributed by atoms with E-state index in [1.54, 1.807) is 7.11 Å². The molecule has 0 spiro atoms. The summed E-state index contributed by atoms with van der Waals surface area (Å²) in [6.45, 7) is 1.99. The van der Waals surface area contributed by atoms with E-state index in [1.807, 2.05) is 0 Å². The molecule has 5 heteroatoms. The number of nitrogens with two attached hydrogens (primary N) is 1. The van der Waals surface area contributed by atoms with Gasteiger partial charge >= 0.3 is 0 Å². The van der Waals surface area contributed by atoms with Crippen LogP contribution in [-0.2, 0) is 13.0 Å². The maximum atomic E-state index is 5.65. The number of hydrogen-bond donors (Lipinski definition) is 1. The molecular formula is C11H16N4O. The van der Waals surface area contributed by atoms with E-state index in [0.717, 1.165) is 36.8 Å². The quantitative estimate of drug-likeness (QED) is 0.790. The molecule has 1 aromatic heterocycles. The molecule has 1 aromatic rings. The van der Waals surface area contributed by atoms with Crippen molar-refractivity contribution in [1.29, 1.82) is 0 Å². The molecule has 2 aliphatic rings. The normalized spacial score (nSPS) is 20.6. The molecule has 3 rings (SSSR count). The van der Waals surface area contributed by atoms with Crippen molar-refractivity contribution in [3.63, 3.8) is 0 Å². The molecule has 0 saturated heterocycles. The summed E-state index contributed by atoms with van der Waals surface area (Å²) in [5, 5.41) is 0. The minimum absolute atomic E-state index is 0.315. The van der Waals surface area contributed by atoms with Crippen molar-refractivity contribution in [3.05, 3.63) is 11.3 Å². The molecule has 2 N–H and O–H groups in total. The predicted octanol–water partition coefficient (Wildman–Crippen LogP) is 0.588. The van der Waals surface area contributed by atoms with E-state index in [0.29, 0.717) is 11.8 Å². The summed E-state index contributed by atoms with van der Waals surface area (Å²) in [5.41, 5.74) is 7.83. The first kappa shape index (κ1) is 9.84. The second-order valence-corrected chi connectivity index (χ2v) is 4.47. The van der Waals surface area contributed by atoms with Gasteiger partial charge in [-0.2, -0.15) is 4.98 Å². The van der Waals surface area contributed by atoms with Crippen molar-refractivity contribution in [1.82, 2.24) is 14.9 Å². The highest BCUT2D eigenvalue weighted by Gasteiger charge is 2.33. The van der Waals surface area contributed by atoms with E-state index < -0.39 is 0 Å². The van der Waals surface area contributed by atoms with Gasteiger partial charge in [-0.1, -0.05) is 0 Å². The van der Waals surface area contributed by atoms with Crippen LogP contribution >= 0.6 is 0 Å². The van der Waals surface area contributed by atoms with Crippen LogP contribution in [0.5, 0.6) is 5.88 Å². The fraction of sp³-hybridized carbons (Fsp3) is 0.636. The Balaban J connectivity index is 1.94. The topological polar surface area (TPSA) is 64.3 Å². The van der Waals surface area contributed by atoms with Crippen LogP contribution in [0.2, 0.25) is 0 Å². The molecule has 1 aliphatic heterocycles. The Morgan fingerprint density at radius 1 is 1.38 bits per heavy atom. The van der Waals surface area contributed by atoms with Crippen molar-refractivity contribution in [2.24, 2.45) is 0 Å². The molecule has 16 heavy (non-hydrogen) atoms. The van der Waals surface area contributed by atoms with E-state index in [9.17, 15) is 0 Å². The van der Waals surface area contributed by atoms with Gasteiger partial charge < -0.3 is 10.5 Å². The summed E-state index contributed by atoms with van der Waals surface area (Å²) in [5.74, 6) is 0.961. The van der Waals surface area contributed by atoms with Gasteiger partial charge in [0, 0.05) is 25.6 Å². The molecule has 0 unspecified atom stereocenters. The predicted molar refractivity (Wildman–Crippen MR) is 60.1 cm³/mol. The average molecular weight is 220 g/mol. The average Bonchev–Trinajstić information content (AvgIpc) is 3.11. The summed E-state index contributed by atoms with van der Waals surface area (Å²) in [7, 11) is 1.64. The molecule has 86 valence electrons. The Morgan fingerprint density at radius 3 is 2.88 bits per heavy atom. The van der Waals surface area contributed by atoms with Gasteiger partial charge in [0.05, 0.1) is 18.4 Å². The molecule has 0 aromatic carbocycles. The fourth-order valence-electron chi connectivity index (χ4n) is 2.34. The van der Waals surface area contributed by atoms with E-state index in [4.69, 9.17) is 10.5 Å². The van der Waals surface area contributed by atoms with Crippen LogP contribution in [0, 0.1) is 0 Å². The van der Waals surface area contributed by atoms with Gasteiger partial charge in [0.1, 0.15) is 0 Å². The first-order valence-electron chi connectivity index (χ1n) is 5.71. The summed E-state index contributed by atoms with van der Waals surface area (Å²) in [6, 6.07) is 0.774. The largest absolute Gasteiger partial charge is 0.481 e. The number of nitrogens with zero attached hydrogens (tertiary/aromatic N) is 3. The van der Waals surface area contributed by atoms with Crippen LogP contribution in [-0.4, -0.2) is 34.6 Å². The zero-order chi connectivity index (χ0) is 11.1. The molecule has 1 aliphatic carbocycles. The molecule has 5 nitrogen and oxygen atoms in total. The monoisotopic (exact) mass is 220 g/mol. The van der Waals surface area contributed by atoms with Gasteiger partial charge in [0.2, 0.25) is 11.8 Å². The lowest BCUT2D eigenvalue weighted by molar-refractivity contribution is 0.234. The molecule has 0 bridgehead atoms. The zero-order valence-electron chi connectivity index (χ0n) is 9.44. The van der Waals surface area contributed by atoms with Crippen LogP contribution in [0.25, 0.3) is 0 Å². The van der Waals surface area contributed by atoms with Crippen molar-refractivity contribution < 1.29 is 4.74 Å². The van der Waals surface area contributed by atoms with E-state index in [1.165, 1.54) is 12.8 Å². The van der Waals surface area contributed by atoms with Gasteiger partial charge in [-0.05, 0) is 12.8 Å². The summed E-state index contributed by atoms with van der Waals surface area (Å²) >= 11 is 0. The molecule has 1 saturated carbocycles. The van der Waals surface area contributed by atoms with Crippen molar-refractivity contribution in [3.8, 4) is 5.88 Å². The minimum atomic E-state index is 0.315. The number of anilines is 1. The Morgan fingerprint density at radius 2 is 2.19 bits per heavy atom. The zero-order valence-corrected chi connectivity index (χ0v) is 9.44. The fourth-order valence-corrected chi connectivity index (χ4v) is 2.34. The molecule has 0 radical (unpaired) electrons. The Bertz CT molecular complexity index is 399. The number of methoxy groups -OCH3 is 1. The maximum absolute atomic E-state index is 5.65. The van der Waals surface area contributed by atoms with Crippen molar-refractivity contribution in [2.45, 2.75) is 31.8 Å². The minimum Gasteiger partial charge on any atom is -0.481 e. The van der Waals surface area contributed by atoms with Crippen molar-refractivity contribution in [2.75, 3.05) is 19.4 Å². The van der Waals surface area contributed by atoms with Crippen LogP contribution in [0.1, 0.15) is 24.1 Å². The summed E-state index contributed by atoms with van der Waals surface area (Å²) in [4.78, 5) is 10.9. The Labute approximate surface area is 94.6 Å². The highest BCUT2D eigenvalue weighted by Crippen LogP contribution is 2.33. The van der Waals surface area contributed by atoms with Gasteiger partial charge in [-0.25, -0.2) is 4.98 Å². The van der Waals surface area contributed by atoms with Gasteiger partial charge in [-0.3, -0.25) is 4.90 Å². The maximum Gasteiger partial charge on any atom is 0.223 e. The second kappa shape index (κ2) is 3.59. The Hall–Kier alpha value is -1.36. The lowest BCUT2D eigenvalue weighted by Crippen LogP contribution is -2.33. The van der Waals surface area contributed by atoms with Gasteiger partial charge in [0.25, 0.3) is 0 Å². The number of aromatic nitrogens is 2. The first-order chi connectivity index (χ1) is 7.78. The van der Waals surface area contributed by atoms with Gasteiger partial charge in [-0.15, -0.1) is 0 Å². The SMILES string of the molecule is COc1nc(N)nc2c1CN(C1CC1)CC2. The van der Waals surface area contributed by atoms with Crippen LogP contribution < -0.4 is 10.5 Å². The van der Waals surface area contributed by atoms with Crippen molar-refractivity contribution >= 4 is 5.95 Å². The smallest absolute Gasteiger partial charge is 0.223 e. The number of nitrogen functional groups attached to an aromatic ring is 1. The number of hydrogen-bond acceptors (Lipinski definition) is 5. The van der Waals surface area contributed by atoms with Crippen LogP contribution in [0.15, 0.2) is 0 Å². The Kier molecular flexibility index (Phi) is 2.21. The number of fused-ring (bicyclic) bond motifs is 1. The molecule has 0 amide bonds. The summed E-state index contributed by atoms with van der Waals surface area (Å²) in [6.07, 6.45) is 3.61. The lowest BCUT2D eigenvalue weighted by atomic mass is 10.1. The lowest BCUT2D eigenvalue weighted by Gasteiger charge is -2.28. The van der Waals surface area contributed by atoms with E-state index >= 15 is 0 Å².